The number of esters is 1. The summed E-state index contributed by atoms with van der Waals surface area (Å²) in [7, 11) is 0. The third-order valence-electron chi connectivity index (χ3n) is 3.52. The van der Waals surface area contributed by atoms with Crippen LogP contribution in [-0.2, 0) is 20.9 Å². The van der Waals surface area contributed by atoms with Gasteiger partial charge >= 0.3 is 12.1 Å². The van der Waals surface area contributed by atoms with Gasteiger partial charge in [0.1, 0.15) is 23.8 Å². The molecule has 0 radical (unpaired) electrons. The van der Waals surface area contributed by atoms with Crippen LogP contribution in [0, 0.1) is 17.5 Å². The van der Waals surface area contributed by atoms with Crippen LogP contribution in [0.3, 0.4) is 0 Å². The molecule has 0 aliphatic carbocycles. The molecule has 0 bridgehead atoms. The van der Waals surface area contributed by atoms with E-state index in [-0.39, 0.29) is 19.3 Å². The summed E-state index contributed by atoms with van der Waals surface area (Å²) in [5.41, 5.74) is -0.867. The highest BCUT2D eigenvalue weighted by atomic mass is 19.2. The number of carbonyl (C=O) groups is 2. The zero-order valence-electron chi connectivity index (χ0n) is 15.2. The molecule has 9 heteroatoms. The highest BCUT2D eigenvalue weighted by Gasteiger charge is 2.21. The number of nitrogens with zero attached hydrogens (tertiary/aromatic N) is 1. The number of amides is 1. The van der Waals surface area contributed by atoms with Crippen LogP contribution in [0.5, 0.6) is 0 Å². The number of hydrogen-bond acceptors (Lipinski definition) is 5. The van der Waals surface area contributed by atoms with Crippen molar-refractivity contribution < 1.29 is 37.3 Å². The van der Waals surface area contributed by atoms with Gasteiger partial charge in [-0.2, -0.15) is 4.99 Å². The molecule has 6 nitrogen and oxygen atoms in total. The van der Waals surface area contributed by atoms with Crippen molar-refractivity contribution in [2.75, 3.05) is 6.61 Å². The minimum atomic E-state index is -1.48. The van der Waals surface area contributed by atoms with Crippen LogP contribution in [0.2, 0.25) is 0 Å². The first-order valence-electron chi connectivity index (χ1n) is 8.33. The molecular weight excluding hydrogens is 391 g/mol. The van der Waals surface area contributed by atoms with E-state index in [0.717, 1.165) is 0 Å². The van der Waals surface area contributed by atoms with Gasteiger partial charge in [0.2, 0.25) is 0 Å². The minimum Gasteiger partial charge on any atom is -0.506 e. The van der Waals surface area contributed by atoms with E-state index in [0.29, 0.717) is 17.8 Å². The molecule has 2 rings (SSSR count). The Bertz CT molecular complexity index is 958. The fraction of sp³-hybridized carbons (Fsp3) is 0.150. The molecule has 0 atom stereocenters. The number of benzene rings is 2. The molecule has 1 amide bonds. The van der Waals surface area contributed by atoms with Gasteiger partial charge in [-0.15, -0.1) is 0 Å². The van der Waals surface area contributed by atoms with Crippen LogP contribution < -0.4 is 0 Å². The van der Waals surface area contributed by atoms with Gasteiger partial charge in [0.15, 0.2) is 11.6 Å². The second-order valence-electron chi connectivity index (χ2n) is 5.53. The van der Waals surface area contributed by atoms with Crippen molar-refractivity contribution in [1.82, 2.24) is 0 Å². The molecule has 1 N–H and O–H groups in total. The van der Waals surface area contributed by atoms with Crippen molar-refractivity contribution in [3.63, 3.8) is 0 Å². The first-order valence-corrected chi connectivity index (χ1v) is 8.33. The van der Waals surface area contributed by atoms with Crippen LogP contribution in [0.4, 0.5) is 18.0 Å². The number of rotatable bonds is 6. The van der Waals surface area contributed by atoms with Crippen LogP contribution in [0.15, 0.2) is 53.0 Å². The smallest absolute Gasteiger partial charge is 0.433 e. The van der Waals surface area contributed by atoms with Crippen molar-refractivity contribution in [2.45, 2.75) is 13.5 Å². The van der Waals surface area contributed by atoms with Crippen LogP contribution in [0.1, 0.15) is 18.1 Å². The molecule has 2 aromatic carbocycles. The lowest BCUT2D eigenvalue weighted by Gasteiger charge is -2.08. The van der Waals surface area contributed by atoms with Crippen LogP contribution >= 0.6 is 0 Å². The monoisotopic (exact) mass is 407 g/mol. The molecule has 0 aromatic heterocycles. The highest BCUT2D eigenvalue weighted by Crippen LogP contribution is 2.22. The van der Waals surface area contributed by atoms with Gasteiger partial charge in [0, 0.05) is 6.07 Å². The van der Waals surface area contributed by atoms with E-state index in [9.17, 15) is 27.9 Å². The average molecular weight is 407 g/mol. The van der Waals surface area contributed by atoms with E-state index >= 15 is 0 Å². The Morgan fingerprint density at radius 2 is 1.69 bits per heavy atom. The van der Waals surface area contributed by atoms with Crippen molar-refractivity contribution >= 4 is 24.0 Å². The minimum absolute atomic E-state index is 0.0980. The van der Waals surface area contributed by atoms with Gasteiger partial charge in [0.05, 0.1) is 18.4 Å². The summed E-state index contributed by atoms with van der Waals surface area (Å²) < 4.78 is 50.0. The maximum atomic E-state index is 13.9. The normalized spacial score (nSPS) is 11.9. The summed E-state index contributed by atoms with van der Waals surface area (Å²) in [5, 5.41) is 10.2. The van der Waals surface area contributed by atoms with Gasteiger partial charge in [-0.3, -0.25) is 0 Å². The number of halogens is 3. The molecule has 0 heterocycles. The summed E-state index contributed by atoms with van der Waals surface area (Å²) in [6.07, 6.45) is -0.504. The quantitative estimate of drug-likeness (QED) is 0.253. The fourth-order valence-electron chi connectivity index (χ4n) is 2.14. The van der Waals surface area contributed by atoms with Crippen molar-refractivity contribution in [2.24, 2.45) is 4.99 Å². The Hall–Kier alpha value is -3.62. The average Bonchev–Trinajstić information content (AvgIpc) is 2.70. The van der Waals surface area contributed by atoms with E-state index in [1.54, 1.807) is 30.3 Å². The van der Waals surface area contributed by atoms with Crippen molar-refractivity contribution in [3.8, 4) is 0 Å². The Balaban J connectivity index is 2.29. The first kappa shape index (κ1) is 21.7. The number of aliphatic imine (C=N–C) groups is 1. The standard InChI is InChI=1S/C20H16F3NO5/c1-2-28-19(26)14(18(25)13-8-16(22)17(23)9-15(13)21)10-24-20(27)29-11-12-6-4-3-5-7-12/h3-10,25H,2,11H2,1H3. The largest absolute Gasteiger partial charge is 0.506 e. The Morgan fingerprint density at radius 1 is 1.03 bits per heavy atom. The topological polar surface area (TPSA) is 85.2 Å². The maximum Gasteiger partial charge on any atom is 0.433 e. The van der Waals surface area contributed by atoms with E-state index in [2.05, 4.69) is 4.99 Å². The number of hydrogen-bond donors (Lipinski definition) is 1. The zero-order chi connectivity index (χ0) is 21.4. The Kier molecular flexibility index (Phi) is 7.53. The summed E-state index contributed by atoms with van der Waals surface area (Å²) in [6, 6.07) is 9.23. The van der Waals surface area contributed by atoms with Gasteiger partial charge in [-0.05, 0) is 18.6 Å². The Morgan fingerprint density at radius 3 is 2.34 bits per heavy atom. The van der Waals surface area contributed by atoms with Gasteiger partial charge in [0.25, 0.3) is 0 Å². The molecule has 0 spiro atoms. The second-order valence-corrected chi connectivity index (χ2v) is 5.53. The summed E-state index contributed by atoms with van der Waals surface area (Å²) in [5.74, 6) is -6.50. The predicted octanol–water partition coefficient (Wildman–Crippen LogP) is 4.34. The van der Waals surface area contributed by atoms with Crippen LogP contribution in [-0.4, -0.2) is 30.0 Å². The summed E-state index contributed by atoms with van der Waals surface area (Å²) in [4.78, 5) is 27.2. The molecule has 0 aliphatic heterocycles. The third kappa shape index (κ3) is 5.93. The number of aliphatic hydroxyl groups excluding tert-OH is 1. The predicted molar refractivity (Wildman–Crippen MR) is 97.6 cm³/mol. The molecule has 152 valence electrons. The number of carbonyl (C=O) groups excluding carboxylic acids is 2. The lowest BCUT2D eigenvalue weighted by molar-refractivity contribution is -0.137. The lowest BCUT2D eigenvalue weighted by Crippen LogP contribution is -2.13. The number of aliphatic hydroxyl groups is 1. The zero-order valence-corrected chi connectivity index (χ0v) is 15.2. The van der Waals surface area contributed by atoms with E-state index in [4.69, 9.17) is 9.47 Å². The molecule has 0 aliphatic rings. The lowest BCUT2D eigenvalue weighted by atomic mass is 10.1. The molecule has 0 saturated carbocycles. The Labute approximate surface area is 163 Å². The SMILES string of the molecule is CCOC(=O)C(C=NC(=O)OCc1ccccc1)=C(O)c1cc(F)c(F)cc1F. The second kappa shape index (κ2) is 10.1. The highest BCUT2D eigenvalue weighted by molar-refractivity contribution is 6.16. The summed E-state index contributed by atoms with van der Waals surface area (Å²) in [6.45, 7) is 1.26. The van der Waals surface area contributed by atoms with Crippen molar-refractivity contribution in [3.05, 3.63) is 76.6 Å². The number of ether oxygens (including phenoxy) is 2. The fourth-order valence-corrected chi connectivity index (χ4v) is 2.14. The maximum absolute atomic E-state index is 13.9. The molecule has 0 fully saturated rings. The van der Waals surface area contributed by atoms with Gasteiger partial charge < -0.3 is 14.6 Å². The molecule has 29 heavy (non-hydrogen) atoms. The molecule has 2 aromatic rings. The third-order valence-corrected chi connectivity index (χ3v) is 3.52. The summed E-state index contributed by atoms with van der Waals surface area (Å²) >= 11 is 0. The van der Waals surface area contributed by atoms with Crippen molar-refractivity contribution in [1.29, 1.82) is 0 Å². The van der Waals surface area contributed by atoms with Gasteiger partial charge in [-0.1, -0.05) is 30.3 Å². The molecular formula is C20H16F3NO5. The van der Waals surface area contributed by atoms with E-state index < -0.39 is 46.4 Å². The van der Waals surface area contributed by atoms with Gasteiger partial charge in [-0.25, -0.2) is 22.8 Å². The van der Waals surface area contributed by atoms with E-state index in [1.165, 1.54) is 6.92 Å². The molecule has 0 unspecified atom stereocenters. The van der Waals surface area contributed by atoms with Crippen LogP contribution in [0.25, 0.3) is 5.76 Å². The first-order chi connectivity index (χ1) is 13.8. The molecule has 0 saturated heterocycles. The van der Waals surface area contributed by atoms with E-state index in [1.807, 2.05) is 0 Å².